The number of nitrogens with one attached hydrogen (secondary N) is 2. The van der Waals surface area contributed by atoms with Crippen molar-refractivity contribution in [1.29, 1.82) is 0 Å². The van der Waals surface area contributed by atoms with E-state index in [1.165, 1.54) is 5.56 Å². The van der Waals surface area contributed by atoms with Crippen molar-refractivity contribution in [1.82, 2.24) is 4.90 Å². The van der Waals surface area contributed by atoms with Gasteiger partial charge in [0.25, 0.3) is 5.91 Å². The van der Waals surface area contributed by atoms with Gasteiger partial charge in [-0.2, -0.15) is 0 Å². The summed E-state index contributed by atoms with van der Waals surface area (Å²) in [7, 11) is 4.10. The SMILES string of the molecule is CN(C)Cc1ccc(N/C(=C2\C(=O)Nc3ccc(N)cc32)c2ccccc2)cc1. The van der Waals surface area contributed by atoms with Crippen molar-refractivity contribution in [3.63, 3.8) is 0 Å². The zero-order valence-electron chi connectivity index (χ0n) is 16.6. The molecule has 0 saturated carbocycles. The van der Waals surface area contributed by atoms with Crippen LogP contribution in [0.5, 0.6) is 0 Å². The molecule has 1 aliphatic heterocycles. The van der Waals surface area contributed by atoms with Crippen molar-refractivity contribution >= 4 is 34.2 Å². The molecule has 3 aromatic carbocycles. The topological polar surface area (TPSA) is 70.4 Å². The van der Waals surface area contributed by atoms with E-state index in [-0.39, 0.29) is 5.91 Å². The van der Waals surface area contributed by atoms with Crippen LogP contribution in [0.2, 0.25) is 0 Å². The summed E-state index contributed by atoms with van der Waals surface area (Å²) in [6.45, 7) is 0.877. The molecule has 1 amide bonds. The molecule has 0 fully saturated rings. The highest BCUT2D eigenvalue weighted by molar-refractivity contribution is 6.37. The predicted octanol–water partition coefficient (Wildman–Crippen LogP) is 4.26. The fourth-order valence-corrected chi connectivity index (χ4v) is 3.52. The lowest BCUT2D eigenvalue weighted by Gasteiger charge is -2.16. The summed E-state index contributed by atoms with van der Waals surface area (Å²) in [5.74, 6) is -0.138. The summed E-state index contributed by atoms with van der Waals surface area (Å²) >= 11 is 0. The lowest BCUT2D eigenvalue weighted by Crippen LogP contribution is -2.11. The van der Waals surface area contributed by atoms with Gasteiger partial charge in [-0.05, 0) is 55.6 Å². The molecule has 5 nitrogen and oxygen atoms in total. The van der Waals surface area contributed by atoms with Crippen molar-refractivity contribution in [3.8, 4) is 0 Å². The molecule has 0 radical (unpaired) electrons. The smallest absolute Gasteiger partial charge is 0.258 e. The number of carbonyl (C=O) groups excluding carboxylic acids is 1. The van der Waals surface area contributed by atoms with Crippen molar-refractivity contribution in [2.75, 3.05) is 30.5 Å². The number of hydrogen-bond acceptors (Lipinski definition) is 4. The van der Waals surface area contributed by atoms with Gasteiger partial charge in [0.2, 0.25) is 0 Å². The number of anilines is 3. The minimum atomic E-state index is -0.138. The summed E-state index contributed by atoms with van der Waals surface area (Å²) in [6, 6.07) is 23.6. The zero-order chi connectivity index (χ0) is 20.4. The van der Waals surface area contributed by atoms with E-state index >= 15 is 0 Å². The van der Waals surface area contributed by atoms with Gasteiger partial charge < -0.3 is 21.3 Å². The van der Waals surface area contributed by atoms with Crippen LogP contribution < -0.4 is 16.4 Å². The van der Waals surface area contributed by atoms with Crippen LogP contribution in [0.4, 0.5) is 17.1 Å². The lowest BCUT2D eigenvalue weighted by molar-refractivity contribution is -0.110. The van der Waals surface area contributed by atoms with Crippen LogP contribution in [0.15, 0.2) is 72.8 Å². The Morgan fingerprint density at radius 3 is 2.41 bits per heavy atom. The normalized spacial score (nSPS) is 14.5. The Balaban J connectivity index is 1.79. The van der Waals surface area contributed by atoms with Crippen LogP contribution >= 0.6 is 0 Å². The first-order valence-electron chi connectivity index (χ1n) is 9.53. The number of benzene rings is 3. The fraction of sp³-hybridized carbons (Fsp3) is 0.125. The number of rotatable bonds is 5. The standard InChI is InChI=1S/C24H24N4O/c1-28(2)15-16-8-11-19(12-9-16)26-23(17-6-4-3-5-7-17)22-20-14-18(25)10-13-21(20)27-24(22)29/h3-14,26H,15,25H2,1-2H3,(H,27,29)/b23-22-. The van der Waals surface area contributed by atoms with E-state index in [9.17, 15) is 4.79 Å². The lowest BCUT2D eigenvalue weighted by atomic mass is 9.99. The van der Waals surface area contributed by atoms with Gasteiger partial charge >= 0.3 is 0 Å². The van der Waals surface area contributed by atoms with E-state index in [0.29, 0.717) is 11.3 Å². The molecule has 5 heteroatoms. The second-order valence-electron chi connectivity index (χ2n) is 7.43. The second kappa shape index (κ2) is 7.81. The molecule has 4 rings (SSSR count). The van der Waals surface area contributed by atoms with E-state index in [1.807, 2.05) is 68.7 Å². The van der Waals surface area contributed by atoms with E-state index in [4.69, 9.17) is 5.73 Å². The molecule has 0 aromatic heterocycles. The van der Waals surface area contributed by atoms with Crippen LogP contribution in [0.3, 0.4) is 0 Å². The fourth-order valence-electron chi connectivity index (χ4n) is 3.52. The first-order chi connectivity index (χ1) is 14.0. The highest BCUT2D eigenvalue weighted by Gasteiger charge is 2.28. The number of fused-ring (bicyclic) bond motifs is 1. The van der Waals surface area contributed by atoms with Crippen molar-refractivity contribution in [2.24, 2.45) is 0 Å². The highest BCUT2D eigenvalue weighted by Crippen LogP contribution is 2.38. The first-order valence-corrected chi connectivity index (χ1v) is 9.53. The van der Waals surface area contributed by atoms with Crippen LogP contribution in [-0.2, 0) is 11.3 Å². The minimum absolute atomic E-state index is 0.138. The molecule has 0 spiro atoms. The van der Waals surface area contributed by atoms with Gasteiger partial charge in [0.1, 0.15) is 0 Å². The van der Waals surface area contributed by atoms with Gasteiger partial charge in [0.15, 0.2) is 0 Å². The number of amides is 1. The quantitative estimate of drug-likeness (QED) is 0.454. The molecule has 0 bridgehead atoms. The van der Waals surface area contributed by atoms with Gasteiger partial charge in [-0.3, -0.25) is 4.79 Å². The molecule has 1 heterocycles. The van der Waals surface area contributed by atoms with Crippen molar-refractivity contribution in [3.05, 3.63) is 89.5 Å². The molecule has 29 heavy (non-hydrogen) atoms. The predicted molar refractivity (Wildman–Crippen MR) is 120 cm³/mol. The highest BCUT2D eigenvalue weighted by atomic mass is 16.2. The Hall–Kier alpha value is -3.57. The Morgan fingerprint density at radius 2 is 1.72 bits per heavy atom. The molecule has 3 aromatic rings. The largest absolute Gasteiger partial charge is 0.399 e. The summed E-state index contributed by atoms with van der Waals surface area (Å²) in [4.78, 5) is 15.0. The third-order valence-electron chi connectivity index (χ3n) is 4.82. The zero-order valence-corrected chi connectivity index (χ0v) is 16.6. The Morgan fingerprint density at radius 1 is 1.00 bits per heavy atom. The van der Waals surface area contributed by atoms with E-state index in [1.54, 1.807) is 6.07 Å². The Kier molecular flexibility index (Phi) is 5.06. The first kappa shape index (κ1) is 18.8. The van der Waals surface area contributed by atoms with Crippen molar-refractivity contribution in [2.45, 2.75) is 6.54 Å². The maximum atomic E-state index is 12.9. The van der Waals surface area contributed by atoms with Crippen LogP contribution in [0.1, 0.15) is 16.7 Å². The van der Waals surface area contributed by atoms with Gasteiger partial charge in [-0.25, -0.2) is 0 Å². The second-order valence-corrected chi connectivity index (χ2v) is 7.43. The molecular weight excluding hydrogens is 360 g/mol. The monoisotopic (exact) mass is 384 g/mol. The minimum Gasteiger partial charge on any atom is -0.399 e. The molecular formula is C24H24N4O. The maximum Gasteiger partial charge on any atom is 0.258 e. The van der Waals surface area contributed by atoms with Gasteiger partial charge in [0, 0.05) is 29.2 Å². The Labute approximate surface area is 170 Å². The molecule has 4 N–H and O–H groups in total. The van der Waals surface area contributed by atoms with Gasteiger partial charge in [-0.15, -0.1) is 0 Å². The summed E-state index contributed by atoms with van der Waals surface area (Å²) in [5.41, 5.74) is 12.6. The van der Waals surface area contributed by atoms with Gasteiger partial charge in [-0.1, -0.05) is 42.5 Å². The number of nitrogens with two attached hydrogens (primary N) is 1. The molecule has 1 aliphatic rings. The summed E-state index contributed by atoms with van der Waals surface area (Å²) in [5, 5.41) is 6.42. The molecule has 0 saturated heterocycles. The average Bonchev–Trinajstić information content (AvgIpc) is 3.02. The summed E-state index contributed by atoms with van der Waals surface area (Å²) in [6.07, 6.45) is 0. The molecule has 146 valence electrons. The van der Waals surface area contributed by atoms with Crippen LogP contribution in [-0.4, -0.2) is 24.9 Å². The maximum absolute atomic E-state index is 12.9. The third kappa shape index (κ3) is 4.00. The van der Waals surface area contributed by atoms with Crippen LogP contribution in [0.25, 0.3) is 11.3 Å². The van der Waals surface area contributed by atoms with E-state index < -0.39 is 0 Å². The van der Waals surface area contributed by atoms with Crippen LogP contribution in [0, 0.1) is 0 Å². The number of nitrogen functional groups attached to an aromatic ring is 1. The summed E-state index contributed by atoms with van der Waals surface area (Å²) < 4.78 is 0. The Bertz CT molecular complexity index is 1070. The third-order valence-corrected chi connectivity index (χ3v) is 4.82. The molecule has 0 aliphatic carbocycles. The average molecular weight is 384 g/mol. The molecule has 0 unspecified atom stereocenters. The number of carbonyl (C=O) groups is 1. The molecule has 0 atom stereocenters. The van der Waals surface area contributed by atoms with Gasteiger partial charge in [0.05, 0.1) is 11.3 Å². The van der Waals surface area contributed by atoms with E-state index in [2.05, 4.69) is 27.7 Å². The number of nitrogens with zero attached hydrogens (tertiary/aromatic N) is 1. The van der Waals surface area contributed by atoms with Crippen molar-refractivity contribution < 1.29 is 4.79 Å². The number of hydrogen-bond donors (Lipinski definition) is 3. The van der Waals surface area contributed by atoms with E-state index in [0.717, 1.165) is 34.7 Å².